The number of aryl methyl sites for hydroxylation is 1. The summed E-state index contributed by atoms with van der Waals surface area (Å²) in [6.45, 7) is 5.95. The van der Waals surface area contributed by atoms with Crippen LogP contribution < -0.4 is 15.8 Å². The van der Waals surface area contributed by atoms with Crippen LogP contribution in [-0.4, -0.2) is 54.4 Å². The number of carbonyl (C=O) groups excluding carboxylic acids is 1. The molecular weight excluding hydrogens is 476 g/mol. The van der Waals surface area contributed by atoms with Gasteiger partial charge in [0, 0.05) is 17.8 Å². The number of amides is 1. The first-order valence-corrected chi connectivity index (χ1v) is 12.2. The number of benzene rings is 1. The summed E-state index contributed by atoms with van der Waals surface area (Å²) < 4.78 is 7.71. The van der Waals surface area contributed by atoms with Crippen LogP contribution in [0.2, 0.25) is 0 Å². The molecule has 0 atom stereocenters. The van der Waals surface area contributed by atoms with Gasteiger partial charge in [0.1, 0.15) is 28.6 Å². The Balaban J connectivity index is 1.47. The molecule has 1 amide bonds. The van der Waals surface area contributed by atoms with Crippen LogP contribution in [0.5, 0.6) is 5.75 Å². The van der Waals surface area contributed by atoms with Crippen molar-refractivity contribution in [2.24, 2.45) is 5.73 Å². The molecule has 1 aromatic carbocycles. The van der Waals surface area contributed by atoms with Crippen LogP contribution in [0.15, 0.2) is 55.0 Å². The summed E-state index contributed by atoms with van der Waals surface area (Å²) in [5, 5.41) is 16.4. The second-order valence-corrected chi connectivity index (χ2v) is 9.88. The minimum absolute atomic E-state index is 0.226. The van der Waals surface area contributed by atoms with E-state index in [2.05, 4.69) is 25.6 Å². The predicted molar refractivity (Wildman–Crippen MR) is 139 cm³/mol. The largest absolute Gasteiger partial charge is 0.492 e. The Kier molecular flexibility index (Phi) is 6.25. The van der Waals surface area contributed by atoms with Crippen molar-refractivity contribution in [2.75, 3.05) is 13.2 Å². The van der Waals surface area contributed by atoms with Crippen molar-refractivity contribution in [1.82, 2.24) is 35.1 Å². The number of nitrogens with zero attached hydrogens (tertiary/aromatic N) is 5. The number of aromatic amines is 1. The number of carbonyl (C=O) groups is 1. The van der Waals surface area contributed by atoms with E-state index in [-0.39, 0.29) is 5.91 Å². The highest BCUT2D eigenvalue weighted by Crippen LogP contribution is 2.41. The number of rotatable bonds is 8. The van der Waals surface area contributed by atoms with Crippen molar-refractivity contribution in [3.63, 3.8) is 0 Å². The third kappa shape index (κ3) is 4.70. The quantitative estimate of drug-likeness (QED) is 0.277. The van der Waals surface area contributed by atoms with E-state index in [4.69, 9.17) is 15.5 Å². The van der Waals surface area contributed by atoms with Gasteiger partial charge in [0.05, 0.1) is 34.6 Å². The Morgan fingerprint density at radius 2 is 2.06 bits per heavy atom. The number of nitrogens with one attached hydrogen (secondary N) is 2. The lowest BCUT2D eigenvalue weighted by molar-refractivity contribution is -0.125. The third-order valence-corrected chi connectivity index (χ3v) is 6.62. The molecule has 0 aliphatic rings. The zero-order valence-corrected chi connectivity index (χ0v) is 21.0. The SMILES string of the molecule is Cc1nn2ccc(OCCNC(=O)C(C)(C)N)cc2c1-c1nc(-c2ccccc2)c(-c2nnc[nH]2)s1. The Morgan fingerprint density at radius 3 is 2.78 bits per heavy atom. The highest BCUT2D eigenvalue weighted by molar-refractivity contribution is 7.19. The van der Waals surface area contributed by atoms with Gasteiger partial charge in [-0.3, -0.25) is 4.79 Å². The van der Waals surface area contributed by atoms with E-state index >= 15 is 0 Å². The molecule has 0 saturated carbocycles. The Labute approximate surface area is 211 Å². The van der Waals surface area contributed by atoms with E-state index in [0.29, 0.717) is 24.7 Å². The van der Waals surface area contributed by atoms with E-state index in [1.807, 2.05) is 60.1 Å². The lowest BCUT2D eigenvalue weighted by Gasteiger charge is -2.17. The number of H-pyrrole nitrogens is 1. The first-order chi connectivity index (χ1) is 17.3. The Morgan fingerprint density at radius 1 is 1.25 bits per heavy atom. The minimum Gasteiger partial charge on any atom is -0.492 e. The topological polar surface area (TPSA) is 136 Å². The summed E-state index contributed by atoms with van der Waals surface area (Å²) in [4.78, 5) is 21.0. The summed E-state index contributed by atoms with van der Waals surface area (Å²) in [6, 6.07) is 13.8. The molecule has 0 spiro atoms. The molecule has 4 N–H and O–H groups in total. The van der Waals surface area contributed by atoms with Crippen molar-refractivity contribution in [3.05, 3.63) is 60.7 Å². The maximum absolute atomic E-state index is 12.0. The fraction of sp³-hybridized carbons (Fsp3) is 0.240. The molecule has 36 heavy (non-hydrogen) atoms. The van der Waals surface area contributed by atoms with E-state index in [9.17, 15) is 4.79 Å². The summed E-state index contributed by atoms with van der Waals surface area (Å²) in [7, 11) is 0. The molecule has 5 aromatic rings. The molecule has 0 fully saturated rings. The highest BCUT2D eigenvalue weighted by Gasteiger charge is 2.23. The van der Waals surface area contributed by atoms with Crippen LogP contribution in [0.3, 0.4) is 0 Å². The molecular formula is C25H26N8O2S. The molecule has 0 bridgehead atoms. The number of fused-ring (bicyclic) bond motifs is 1. The van der Waals surface area contributed by atoms with E-state index in [1.54, 1.807) is 20.2 Å². The lowest BCUT2D eigenvalue weighted by atomic mass is 10.1. The molecule has 0 radical (unpaired) electrons. The second-order valence-electron chi connectivity index (χ2n) is 8.88. The average molecular weight is 503 g/mol. The van der Waals surface area contributed by atoms with Crippen LogP contribution in [0, 0.1) is 6.92 Å². The van der Waals surface area contributed by atoms with E-state index < -0.39 is 5.54 Å². The van der Waals surface area contributed by atoms with Gasteiger partial charge >= 0.3 is 0 Å². The molecule has 4 heterocycles. The summed E-state index contributed by atoms with van der Waals surface area (Å²) in [5.74, 6) is 1.11. The molecule has 10 nitrogen and oxygen atoms in total. The Hall–Kier alpha value is -4.09. The normalized spacial score (nSPS) is 11.7. The van der Waals surface area contributed by atoms with Gasteiger partial charge in [0.2, 0.25) is 5.91 Å². The van der Waals surface area contributed by atoms with Crippen molar-refractivity contribution < 1.29 is 9.53 Å². The molecule has 4 aromatic heterocycles. The maximum atomic E-state index is 12.0. The fourth-order valence-corrected chi connectivity index (χ4v) is 4.90. The van der Waals surface area contributed by atoms with Crippen LogP contribution in [0.1, 0.15) is 19.5 Å². The van der Waals surface area contributed by atoms with Crippen LogP contribution >= 0.6 is 11.3 Å². The van der Waals surface area contributed by atoms with Gasteiger partial charge in [-0.25, -0.2) is 9.50 Å². The van der Waals surface area contributed by atoms with Gasteiger partial charge in [0.15, 0.2) is 5.82 Å². The molecule has 5 rings (SSSR count). The van der Waals surface area contributed by atoms with Gasteiger partial charge in [0.25, 0.3) is 0 Å². The monoisotopic (exact) mass is 502 g/mol. The summed E-state index contributed by atoms with van der Waals surface area (Å²) in [5.41, 5.74) is 9.35. The first-order valence-electron chi connectivity index (χ1n) is 11.4. The van der Waals surface area contributed by atoms with Crippen LogP contribution in [-0.2, 0) is 4.79 Å². The fourth-order valence-electron chi connectivity index (χ4n) is 3.76. The molecule has 11 heteroatoms. The van der Waals surface area contributed by atoms with Gasteiger partial charge in [-0.05, 0) is 26.8 Å². The van der Waals surface area contributed by atoms with Crippen molar-refractivity contribution in [3.8, 4) is 38.3 Å². The molecule has 184 valence electrons. The van der Waals surface area contributed by atoms with Gasteiger partial charge in [-0.15, -0.1) is 21.5 Å². The number of hydrogen-bond donors (Lipinski definition) is 3. The number of pyridine rings is 1. The minimum atomic E-state index is -0.931. The number of thiazole rings is 1. The first kappa shape index (κ1) is 23.6. The van der Waals surface area contributed by atoms with Crippen LogP contribution in [0.25, 0.3) is 38.0 Å². The standard InChI is InChI=1S/C25H26N8O2S/c1-15-19(18-13-17(9-11-33(18)32-15)35-12-10-27-24(34)25(2,3)26)23-30-20(16-7-5-4-6-8-16)21(36-23)22-28-14-29-31-22/h4-9,11,13-14H,10,12,26H2,1-3H3,(H,27,34)(H,28,29,31). The lowest BCUT2D eigenvalue weighted by Crippen LogP contribution is -2.49. The molecule has 0 saturated heterocycles. The van der Waals surface area contributed by atoms with Gasteiger partial charge in [-0.1, -0.05) is 30.3 Å². The Bertz CT molecular complexity index is 1500. The number of nitrogens with two attached hydrogens (primary N) is 1. The number of ether oxygens (including phenoxy) is 1. The van der Waals surface area contributed by atoms with Crippen molar-refractivity contribution >= 4 is 22.8 Å². The second kappa shape index (κ2) is 9.51. The maximum Gasteiger partial charge on any atom is 0.239 e. The van der Waals surface area contributed by atoms with E-state index in [0.717, 1.165) is 37.9 Å². The third-order valence-electron chi connectivity index (χ3n) is 5.54. The van der Waals surface area contributed by atoms with Crippen LogP contribution in [0.4, 0.5) is 0 Å². The van der Waals surface area contributed by atoms with Crippen molar-refractivity contribution in [1.29, 1.82) is 0 Å². The van der Waals surface area contributed by atoms with Crippen molar-refractivity contribution in [2.45, 2.75) is 26.3 Å². The summed E-state index contributed by atoms with van der Waals surface area (Å²) in [6.07, 6.45) is 3.41. The highest BCUT2D eigenvalue weighted by atomic mass is 32.1. The molecule has 0 unspecified atom stereocenters. The number of aromatic nitrogens is 6. The zero-order chi connectivity index (χ0) is 25.3. The average Bonchev–Trinajstić information content (AvgIpc) is 3.59. The summed E-state index contributed by atoms with van der Waals surface area (Å²) >= 11 is 1.53. The molecule has 0 aliphatic heterocycles. The van der Waals surface area contributed by atoms with E-state index in [1.165, 1.54) is 11.3 Å². The number of hydrogen-bond acceptors (Lipinski definition) is 8. The van der Waals surface area contributed by atoms with Gasteiger partial charge in [-0.2, -0.15) is 5.10 Å². The smallest absolute Gasteiger partial charge is 0.239 e. The van der Waals surface area contributed by atoms with Gasteiger partial charge < -0.3 is 20.8 Å². The predicted octanol–water partition coefficient (Wildman–Crippen LogP) is 3.45. The zero-order valence-electron chi connectivity index (χ0n) is 20.1. The molecule has 0 aliphatic carbocycles.